The predicted octanol–water partition coefficient (Wildman–Crippen LogP) is 2.72. The Kier molecular flexibility index (Phi) is 6.68. The molecule has 0 heterocycles. The lowest BCUT2D eigenvalue weighted by Gasteiger charge is -2.31. The number of ether oxygens (including phenoxy) is 1. The average Bonchev–Trinajstić information content (AvgIpc) is 2.54. The Hall–Kier alpha value is -1.10. The molecule has 0 bridgehead atoms. The van der Waals surface area contributed by atoms with Crippen LogP contribution in [0.1, 0.15) is 64.2 Å². The van der Waals surface area contributed by atoms with Crippen LogP contribution in [0, 0.1) is 17.8 Å². The van der Waals surface area contributed by atoms with Gasteiger partial charge in [-0.05, 0) is 76.2 Å². The van der Waals surface area contributed by atoms with Gasteiger partial charge in [-0.25, -0.2) is 0 Å². The monoisotopic (exact) mass is 311 g/mol. The molecule has 0 saturated heterocycles. The second-order valence-electron chi connectivity index (χ2n) is 6.97. The van der Waals surface area contributed by atoms with Crippen LogP contribution < -0.4 is 5.73 Å². The van der Waals surface area contributed by atoms with E-state index in [1.807, 2.05) is 0 Å². The topological polar surface area (TPSA) is 89.6 Å². The molecule has 5 heteroatoms. The summed E-state index contributed by atoms with van der Waals surface area (Å²) in [6, 6.07) is 0. The van der Waals surface area contributed by atoms with Gasteiger partial charge in [-0.1, -0.05) is 0 Å². The molecule has 0 aromatic heterocycles. The molecule has 2 saturated carbocycles. The summed E-state index contributed by atoms with van der Waals surface area (Å²) in [7, 11) is 0. The fraction of sp³-hybridized carbons (Fsp3) is 0.882. The van der Waals surface area contributed by atoms with Crippen molar-refractivity contribution >= 4 is 11.9 Å². The van der Waals surface area contributed by atoms with Gasteiger partial charge < -0.3 is 15.6 Å². The lowest BCUT2D eigenvalue weighted by Crippen LogP contribution is -2.31. The summed E-state index contributed by atoms with van der Waals surface area (Å²) in [5.41, 5.74) is 5.68. The summed E-state index contributed by atoms with van der Waals surface area (Å²) in [5, 5.41) is 8.72. The van der Waals surface area contributed by atoms with Crippen molar-refractivity contribution < 1.29 is 19.4 Å². The molecule has 0 aliphatic heterocycles. The van der Waals surface area contributed by atoms with Crippen molar-refractivity contribution in [3.05, 3.63) is 0 Å². The molecule has 2 aliphatic rings. The minimum Gasteiger partial charge on any atom is -0.481 e. The van der Waals surface area contributed by atoms with Crippen LogP contribution in [0.3, 0.4) is 0 Å². The molecule has 3 N–H and O–H groups in total. The maximum absolute atomic E-state index is 12.2. The molecule has 0 unspecified atom stereocenters. The van der Waals surface area contributed by atoms with Gasteiger partial charge in [-0.3, -0.25) is 9.59 Å². The summed E-state index contributed by atoms with van der Waals surface area (Å²) < 4.78 is 5.69. The third-order valence-corrected chi connectivity index (χ3v) is 5.36. The maximum atomic E-state index is 12.2. The Labute approximate surface area is 132 Å². The van der Waals surface area contributed by atoms with Gasteiger partial charge in [0, 0.05) is 6.42 Å². The average molecular weight is 311 g/mol. The number of carbonyl (C=O) groups excluding carboxylic acids is 1. The van der Waals surface area contributed by atoms with E-state index in [4.69, 9.17) is 15.6 Å². The van der Waals surface area contributed by atoms with E-state index < -0.39 is 5.97 Å². The van der Waals surface area contributed by atoms with E-state index >= 15 is 0 Å². The number of aliphatic carboxylic acids is 1. The molecule has 2 rings (SSSR count). The number of carboxylic acid groups (broad SMARTS) is 1. The van der Waals surface area contributed by atoms with Crippen molar-refractivity contribution in [1.82, 2.24) is 0 Å². The zero-order valence-corrected chi connectivity index (χ0v) is 13.3. The fourth-order valence-electron chi connectivity index (χ4n) is 3.76. The van der Waals surface area contributed by atoms with Crippen LogP contribution in [0.5, 0.6) is 0 Å². The van der Waals surface area contributed by atoms with Crippen LogP contribution in [0.15, 0.2) is 0 Å². The summed E-state index contributed by atoms with van der Waals surface area (Å²) in [4.78, 5) is 22.8. The molecule has 0 radical (unpaired) electrons. The first kappa shape index (κ1) is 17.3. The molecule has 0 spiro atoms. The van der Waals surface area contributed by atoms with Crippen molar-refractivity contribution in [3.63, 3.8) is 0 Å². The van der Waals surface area contributed by atoms with E-state index in [1.165, 1.54) is 0 Å². The zero-order valence-electron chi connectivity index (χ0n) is 13.3. The SMILES string of the molecule is NCC1CCC(C(=O)OC2CCC(CCC(=O)O)CC2)CC1. The highest BCUT2D eigenvalue weighted by Crippen LogP contribution is 2.32. The Balaban J connectivity index is 1.65. The molecule has 2 fully saturated rings. The van der Waals surface area contributed by atoms with Crippen LogP contribution in [-0.2, 0) is 14.3 Å². The van der Waals surface area contributed by atoms with Crippen LogP contribution in [0.2, 0.25) is 0 Å². The zero-order chi connectivity index (χ0) is 15.9. The van der Waals surface area contributed by atoms with E-state index in [0.29, 0.717) is 11.8 Å². The van der Waals surface area contributed by atoms with Crippen molar-refractivity contribution in [2.75, 3.05) is 6.54 Å². The lowest BCUT2D eigenvalue weighted by atomic mass is 9.82. The standard InChI is InChI=1S/C17H29NO4/c18-11-13-1-6-14(7-2-13)17(21)22-15-8-3-12(4-9-15)5-10-16(19)20/h12-15H,1-11,18H2,(H,19,20). The third-order valence-electron chi connectivity index (χ3n) is 5.36. The van der Waals surface area contributed by atoms with Gasteiger partial charge >= 0.3 is 11.9 Å². The number of nitrogens with two attached hydrogens (primary N) is 1. The molecular weight excluding hydrogens is 282 g/mol. The molecular formula is C17H29NO4. The normalized spacial score (nSPS) is 32.4. The van der Waals surface area contributed by atoms with Crippen molar-refractivity contribution in [1.29, 1.82) is 0 Å². The predicted molar refractivity (Wildman–Crippen MR) is 83.2 cm³/mol. The highest BCUT2D eigenvalue weighted by atomic mass is 16.5. The first-order valence-electron chi connectivity index (χ1n) is 8.70. The van der Waals surface area contributed by atoms with E-state index in [1.54, 1.807) is 0 Å². The third kappa shape index (κ3) is 5.27. The summed E-state index contributed by atoms with van der Waals surface area (Å²) in [6.45, 7) is 0.724. The number of rotatable bonds is 6. The Morgan fingerprint density at radius 1 is 0.955 bits per heavy atom. The second kappa shape index (κ2) is 8.51. The van der Waals surface area contributed by atoms with Gasteiger partial charge in [-0.15, -0.1) is 0 Å². The van der Waals surface area contributed by atoms with Crippen molar-refractivity contribution in [3.8, 4) is 0 Å². The smallest absolute Gasteiger partial charge is 0.309 e. The Morgan fingerprint density at radius 2 is 1.55 bits per heavy atom. The van der Waals surface area contributed by atoms with Crippen LogP contribution in [0.4, 0.5) is 0 Å². The lowest BCUT2D eigenvalue weighted by molar-refractivity contribution is -0.157. The van der Waals surface area contributed by atoms with Crippen LogP contribution >= 0.6 is 0 Å². The molecule has 5 nitrogen and oxygen atoms in total. The highest BCUT2D eigenvalue weighted by molar-refractivity contribution is 5.72. The molecule has 22 heavy (non-hydrogen) atoms. The molecule has 126 valence electrons. The van der Waals surface area contributed by atoms with Gasteiger partial charge in [0.2, 0.25) is 0 Å². The van der Waals surface area contributed by atoms with Crippen molar-refractivity contribution in [2.24, 2.45) is 23.5 Å². The van der Waals surface area contributed by atoms with Gasteiger partial charge in [0.05, 0.1) is 5.92 Å². The fourth-order valence-corrected chi connectivity index (χ4v) is 3.76. The second-order valence-corrected chi connectivity index (χ2v) is 6.97. The number of hydrogen-bond acceptors (Lipinski definition) is 4. The van der Waals surface area contributed by atoms with Gasteiger partial charge in [0.15, 0.2) is 0 Å². The van der Waals surface area contributed by atoms with E-state index in [2.05, 4.69) is 0 Å². The largest absolute Gasteiger partial charge is 0.481 e. The Morgan fingerprint density at radius 3 is 2.09 bits per heavy atom. The van der Waals surface area contributed by atoms with Crippen LogP contribution in [0.25, 0.3) is 0 Å². The summed E-state index contributed by atoms with van der Waals surface area (Å²) in [6.07, 6.45) is 8.66. The summed E-state index contributed by atoms with van der Waals surface area (Å²) >= 11 is 0. The van der Waals surface area contributed by atoms with Gasteiger partial charge in [0.25, 0.3) is 0 Å². The molecule has 0 aromatic rings. The Bertz CT molecular complexity index is 369. The first-order valence-corrected chi connectivity index (χ1v) is 8.70. The molecule has 2 aliphatic carbocycles. The number of esters is 1. The summed E-state index contributed by atoms with van der Waals surface area (Å²) in [5.74, 6) is 0.374. The number of hydrogen-bond donors (Lipinski definition) is 2. The molecule has 0 atom stereocenters. The first-order chi connectivity index (χ1) is 10.6. The molecule has 0 aromatic carbocycles. The van der Waals surface area contributed by atoms with Crippen molar-refractivity contribution in [2.45, 2.75) is 70.3 Å². The minimum absolute atomic E-state index is 0.0237. The minimum atomic E-state index is -0.721. The highest BCUT2D eigenvalue weighted by Gasteiger charge is 2.30. The quantitative estimate of drug-likeness (QED) is 0.736. The number of carbonyl (C=O) groups is 2. The van der Waals surface area contributed by atoms with Gasteiger partial charge in [-0.2, -0.15) is 0 Å². The van der Waals surface area contributed by atoms with E-state index in [0.717, 1.165) is 64.3 Å². The van der Waals surface area contributed by atoms with Gasteiger partial charge in [0.1, 0.15) is 6.10 Å². The number of carboxylic acids is 1. The van der Waals surface area contributed by atoms with Crippen LogP contribution in [-0.4, -0.2) is 29.7 Å². The maximum Gasteiger partial charge on any atom is 0.309 e. The molecule has 0 amide bonds. The van der Waals surface area contributed by atoms with E-state index in [9.17, 15) is 9.59 Å². The van der Waals surface area contributed by atoms with E-state index in [-0.39, 0.29) is 24.4 Å².